The fraction of sp³-hybridized carbons (Fsp3) is 0.263. The molecule has 0 saturated carbocycles. The van der Waals surface area contributed by atoms with Crippen LogP contribution in [0.1, 0.15) is 25.0 Å². The molecule has 3 nitrogen and oxygen atoms in total. The smallest absolute Gasteiger partial charge is 0.0916 e. The number of aryl methyl sites for hydroxylation is 2. The third-order valence-electron chi connectivity index (χ3n) is 3.32. The van der Waals surface area contributed by atoms with Gasteiger partial charge in [-0.25, -0.2) is 8.42 Å². The monoisotopic (exact) mass is 331 g/mol. The molecule has 3 aromatic carbocycles. The molecule has 0 amide bonds. The van der Waals surface area contributed by atoms with Gasteiger partial charge in [0.1, 0.15) is 0 Å². The maximum Gasteiger partial charge on any atom is 0.0916 e. The van der Waals surface area contributed by atoms with Crippen LogP contribution in [0.25, 0.3) is 21.5 Å². The van der Waals surface area contributed by atoms with Gasteiger partial charge in [0.25, 0.3) is 0 Å². The standard InChI is InChI=1S/C16H14.C2H6.CH4O3S/c1-11-5-3-7-13-9-14-8-4-6-12(2)16(14)10-15(11)13;1-2;1-5(2,3)4/h3-10H,1-2H3;1-2H3;1H3,(H,2,3,4)/p-1. The van der Waals surface area contributed by atoms with E-state index in [1.54, 1.807) is 0 Å². The zero-order chi connectivity index (χ0) is 17.6. The number of benzene rings is 3. The second-order valence-corrected chi connectivity index (χ2v) is 6.56. The van der Waals surface area contributed by atoms with Gasteiger partial charge in [0, 0.05) is 6.26 Å². The topological polar surface area (TPSA) is 57.2 Å². The van der Waals surface area contributed by atoms with Gasteiger partial charge in [-0.05, 0) is 58.7 Å². The SMILES string of the molecule is CC.CS(=O)(=O)[O-].Cc1cccc2cc3cccc(C)c3cc12. The second kappa shape index (κ2) is 8.09. The van der Waals surface area contributed by atoms with Crippen molar-refractivity contribution in [3.8, 4) is 0 Å². The van der Waals surface area contributed by atoms with Crippen LogP contribution >= 0.6 is 0 Å². The van der Waals surface area contributed by atoms with Crippen molar-refractivity contribution in [2.45, 2.75) is 27.7 Å². The molecule has 0 atom stereocenters. The summed E-state index contributed by atoms with van der Waals surface area (Å²) in [6, 6.07) is 17.6. The van der Waals surface area contributed by atoms with Crippen LogP contribution in [-0.2, 0) is 10.1 Å². The highest BCUT2D eigenvalue weighted by atomic mass is 32.2. The summed E-state index contributed by atoms with van der Waals surface area (Å²) in [5.74, 6) is 0. The zero-order valence-corrected chi connectivity index (χ0v) is 15.1. The van der Waals surface area contributed by atoms with Crippen molar-refractivity contribution in [3.63, 3.8) is 0 Å². The highest BCUT2D eigenvalue weighted by Gasteiger charge is 2.01. The van der Waals surface area contributed by atoms with E-state index in [-0.39, 0.29) is 0 Å². The minimum absolute atomic E-state index is 0.604. The molecule has 0 radical (unpaired) electrons. The van der Waals surface area contributed by atoms with Crippen molar-refractivity contribution in [1.29, 1.82) is 0 Å². The third-order valence-corrected chi connectivity index (χ3v) is 3.32. The molecule has 0 fully saturated rings. The number of hydrogen-bond donors (Lipinski definition) is 0. The predicted octanol–water partition coefficient (Wildman–Crippen LogP) is 4.80. The minimum Gasteiger partial charge on any atom is -0.748 e. The first-order chi connectivity index (χ1) is 10.8. The lowest BCUT2D eigenvalue weighted by Gasteiger charge is -2.06. The average molecular weight is 331 g/mol. The molecular weight excluding hydrogens is 308 g/mol. The Labute approximate surface area is 138 Å². The lowest BCUT2D eigenvalue weighted by atomic mass is 9.98. The van der Waals surface area contributed by atoms with Crippen LogP contribution in [0.3, 0.4) is 0 Å². The van der Waals surface area contributed by atoms with E-state index in [1.807, 2.05) is 13.8 Å². The van der Waals surface area contributed by atoms with Crippen LogP contribution in [0.4, 0.5) is 0 Å². The molecule has 0 bridgehead atoms. The highest BCUT2D eigenvalue weighted by Crippen LogP contribution is 2.26. The quantitative estimate of drug-likeness (QED) is 0.439. The molecule has 0 saturated heterocycles. The summed E-state index contributed by atoms with van der Waals surface area (Å²) in [7, 11) is -3.92. The van der Waals surface area contributed by atoms with Gasteiger partial charge in [0.2, 0.25) is 0 Å². The third kappa shape index (κ3) is 5.66. The van der Waals surface area contributed by atoms with Crippen LogP contribution in [0.2, 0.25) is 0 Å². The van der Waals surface area contributed by atoms with Gasteiger partial charge in [-0.15, -0.1) is 0 Å². The molecule has 0 unspecified atom stereocenters. The maximum absolute atomic E-state index is 9.08. The van der Waals surface area contributed by atoms with Gasteiger partial charge < -0.3 is 4.55 Å². The Hall–Kier alpha value is -1.91. The lowest BCUT2D eigenvalue weighted by Crippen LogP contribution is -1.88. The molecule has 0 aliphatic heterocycles. The molecule has 0 aliphatic rings. The van der Waals surface area contributed by atoms with Crippen LogP contribution in [0, 0.1) is 13.8 Å². The first-order valence-corrected chi connectivity index (χ1v) is 9.37. The summed E-state index contributed by atoms with van der Waals surface area (Å²) in [5.41, 5.74) is 2.70. The largest absolute Gasteiger partial charge is 0.748 e. The normalized spacial score (nSPS) is 10.5. The number of rotatable bonds is 0. The highest BCUT2D eigenvalue weighted by molar-refractivity contribution is 7.84. The summed E-state index contributed by atoms with van der Waals surface area (Å²) in [5, 5.41) is 5.39. The molecule has 124 valence electrons. The van der Waals surface area contributed by atoms with Crippen LogP contribution in [-0.4, -0.2) is 19.2 Å². The van der Waals surface area contributed by atoms with E-state index in [0.717, 1.165) is 0 Å². The Morgan fingerprint density at radius 1 is 0.783 bits per heavy atom. The molecule has 0 N–H and O–H groups in total. The van der Waals surface area contributed by atoms with Gasteiger partial charge in [0.05, 0.1) is 10.1 Å². The molecule has 0 spiro atoms. The lowest BCUT2D eigenvalue weighted by molar-refractivity contribution is 0.470. The van der Waals surface area contributed by atoms with Gasteiger partial charge in [0.15, 0.2) is 0 Å². The molecule has 0 heterocycles. The number of hydrogen-bond acceptors (Lipinski definition) is 3. The molecule has 0 aromatic heterocycles. The Morgan fingerprint density at radius 3 is 1.48 bits per heavy atom. The Kier molecular flexibility index (Phi) is 6.73. The van der Waals surface area contributed by atoms with Gasteiger partial charge in [-0.1, -0.05) is 50.2 Å². The Balaban J connectivity index is 0.000000327. The van der Waals surface area contributed by atoms with Gasteiger partial charge in [-0.2, -0.15) is 0 Å². The van der Waals surface area contributed by atoms with E-state index in [0.29, 0.717) is 6.26 Å². The van der Waals surface area contributed by atoms with Gasteiger partial charge >= 0.3 is 0 Å². The summed E-state index contributed by atoms with van der Waals surface area (Å²) in [6.45, 7) is 8.35. The van der Waals surface area contributed by atoms with Crippen molar-refractivity contribution in [2.24, 2.45) is 0 Å². The first-order valence-electron chi connectivity index (χ1n) is 7.55. The van der Waals surface area contributed by atoms with E-state index in [9.17, 15) is 0 Å². The van der Waals surface area contributed by atoms with Crippen molar-refractivity contribution >= 4 is 31.7 Å². The molecule has 4 heteroatoms. The fourth-order valence-corrected chi connectivity index (χ4v) is 2.36. The van der Waals surface area contributed by atoms with Crippen LogP contribution in [0.15, 0.2) is 48.5 Å². The number of fused-ring (bicyclic) bond motifs is 2. The summed E-state index contributed by atoms with van der Waals surface area (Å²) in [6.07, 6.45) is 0.604. The Bertz CT molecular complexity index is 832. The van der Waals surface area contributed by atoms with Gasteiger partial charge in [-0.3, -0.25) is 0 Å². The average Bonchev–Trinajstić information content (AvgIpc) is 2.47. The van der Waals surface area contributed by atoms with E-state index in [4.69, 9.17) is 13.0 Å². The molecule has 23 heavy (non-hydrogen) atoms. The van der Waals surface area contributed by atoms with Crippen LogP contribution < -0.4 is 0 Å². The van der Waals surface area contributed by atoms with Crippen molar-refractivity contribution in [3.05, 3.63) is 59.7 Å². The van der Waals surface area contributed by atoms with E-state index in [1.165, 1.54) is 32.7 Å². The Morgan fingerprint density at radius 2 is 1.13 bits per heavy atom. The van der Waals surface area contributed by atoms with E-state index >= 15 is 0 Å². The molecule has 3 aromatic rings. The van der Waals surface area contributed by atoms with E-state index < -0.39 is 10.1 Å². The predicted molar refractivity (Wildman–Crippen MR) is 97.9 cm³/mol. The first kappa shape index (κ1) is 19.1. The van der Waals surface area contributed by atoms with Crippen molar-refractivity contribution < 1.29 is 13.0 Å². The molecule has 0 aliphatic carbocycles. The summed E-state index contributed by atoms with van der Waals surface area (Å²) < 4.78 is 27.2. The summed E-state index contributed by atoms with van der Waals surface area (Å²) >= 11 is 0. The van der Waals surface area contributed by atoms with Crippen molar-refractivity contribution in [1.82, 2.24) is 0 Å². The molecule has 3 rings (SSSR count). The van der Waals surface area contributed by atoms with E-state index in [2.05, 4.69) is 62.4 Å². The van der Waals surface area contributed by atoms with Crippen molar-refractivity contribution in [2.75, 3.05) is 6.26 Å². The second-order valence-electron chi connectivity index (χ2n) is 5.15. The van der Waals surface area contributed by atoms with Crippen LogP contribution in [0.5, 0.6) is 0 Å². The minimum atomic E-state index is -3.92. The zero-order valence-electron chi connectivity index (χ0n) is 14.3. The molecular formula is C19H23O3S-. The summed E-state index contributed by atoms with van der Waals surface area (Å²) in [4.78, 5) is 0. The fourth-order valence-electron chi connectivity index (χ4n) is 2.36. The maximum atomic E-state index is 9.08.